The van der Waals surface area contributed by atoms with Crippen molar-refractivity contribution in [2.45, 2.75) is 32.2 Å². The van der Waals surface area contributed by atoms with Crippen molar-refractivity contribution in [1.82, 2.24) is 19.3 Å². The number of nitrogens with one attached hydrogen (secondary N) is 1. The lowest BCUT2D eigenvalue weighted by Gasteiger charge is -2.07. The highest BCUT2D eigenvalue weighted by molar-refractivity contribution is 7.89. The molecule has 0 unspecified atom stereocenters. The fourth-order valence-corrected chi connectivity index (χ4v) is 3.34. The molecule has 1 aromatic carbocycles. The summed E-state index contributed by atoms with van der Waals surface area (Å²) in [5, 5.41) is 4.32. The molecular formula is C16H18N4O2S. The van der Waals surface area contributed by atoms with Gasteiger partial charge in [-0.25, -0.2) is 22.6 Å². The Morgan fingerprint density at radius 1 is 1.09 bits per heavy atom. The molecule has 0 saturated carbocycles. The lowest BCUT2D eigenvalue weighted by atomic mass is 10.1. The molecular weight excluding hydrogens is 312 g/mol. The van der Waals surface area contributed by atoms with Gasteiger partial charge < -0.3 is 0 Å². The van der Waals surface area contributed by atoms with Crippen LogP contribution in [0, 0.1) is 20.8 Å². The van der Waals surface area contributed by atoms with Gasteiger partial charge in [0.1, 0.15) is 0 Å². The van der Waals surface area contributed by atoms with Crippen molar-refractivity contribution in [3.8, 4) is 0 Å². The quantitative estimate of drug-likeness (QED) is 0.795. The first-order valence-electron chi connectivity index (χ1n) is 7.25. The number of aryl methyl sites for hydroxylation is 3. The van der Waals surface area contributed by atoms with Gasteiger partial charge in [-0.3, -0.25) is 0 Å². The summed E-state index contributed by atoms with van der Waals surface area (Å²) >= 11 is 0. The second kappa shape index (κ2) is 5.75. The third kappa shape index (κ3) is 3.11. The van der Waals surface area contributed by atoms with Crippen LogP contribution in [0.25, 0.3) is 5.65 Å². The van der Waals surface area contributed by atoms with Gasteiger partial charge in [-0.05, 0) is 56.2 Å². The maximum atomic E-state index is 12.4. The lowest BCUT2D eigenvalue weighted by Crippen LogP contribution is -2.24. The van der Waals surface area contributed by atoms with Crippen molar-refractivity contribution in [1.29, 1.82) is 0 Å². The van der Waals surface area contributed by atoms with Crippen LogP contribution in [0.5, 0.6) is 0 Å². The van der Waals surface area contributed by atoms with Crippen LogP contribution in [0.15, 0.2) is 41.3 Å². The van der Waals surface area contributed by atoms with Gasteiger partial charge in [0.2, 0.25) is 10.0 Å². The molecule has 0 radical (unpaired) electrons. The number of fused-ring (bicyclic) bond motifs is 1. The summed E-state index contributed by atoms with van der Waals surface area (Å²) in [5.41, 5.74) is 3.64. The Kier molecular flexibility index (Phi) is 3.91. The van der Waals surface area contributed by atoms with Gasteiger partial charge in [-0.15, -0.1) is 5.10 Å². The Morgan fingerprint density at radius 2 is 1.87 bits per heavy atom. The molecule has 120 valence electrons. The second-order valence-electron chi connectivity index (χ2n) is 5.54. The van der Waals surface area contributed by atoms with E-state index in [2.05, 4.69) is 14.8 Å². The van der Waals surface area contributed by atoms with E-state index in [-0.39, 0.29) is 11.4 Å². The zero-order chi connectivity index (χ0) is 16.6. The molecule has 0 fully saturated rings. The second-order valence-corrected chi connectivity index (χ2v) is 7.30. The molecule has 0 spiro atoms. The van der Waals surface area contributed by atoms with Gasteiger partial charge in [0.15, 0.2) is 11.5 Å². The van der Waals surface area contributed by atoms with Crippen LogP contribution < -0.4 is 4.72 Å². The number of sulfonamides is 1. The molecule has 0 aliphatic rings. The number of rotatable bonds is 4. The van der Waals surface area contributed by atoms with Crippen LogP contribution in [-0.4, -0.2) is 23.0 Å². The van der Waals surface area contributed by atoms with E-state index in [1.807, 2.05) is 39.0 Å². The van der Waals surface area contributed by atoms with Crippen LogP contribution >= 0.6 is 0 Å². The van der Waals surface area contributed by atoms with Crippen LogP contribution in [0.1, 0.15) is 22.6 Å². The largest absolute Gasteiger partial charge is 0.240 e. The fraction of sp³-hybridized carbons (Fsp3) is 0.250. The molecule has 2 aromatic heterocycles. The highest BCUT2D eigenvalue weighted by atomic mass is 32.2. The van der Waals surface area contributed by atoms with Gasteiger partial charge in [-0.1, -0.05) is 12.1 Å². The Morgan fingerprint density at radius 3 is 2.57 bits per heavy atom. The average Bonchev–Trinajstić information content (AvgIpc) is 2.93. The average molecular weight is 330 g/mol. The van der Waals surface area contributed by atoms with Gasteiger partial charge in [0, 0.05) is 5.69 Å². The van der Waals surface area contributed by atoms with Crippen molar-refractivity contribution in [2.75, 3.05) is 0 Å². The minimum absolute atomic E-state index is 0.0520. The molecule has 6 nitrogen and oxygen atoms in total. The Bertz CT molecular complexity index is 977. The number of nitrogens with zero attached hydrogens (tertiary/aromatic N) is 3. The third-order valence-corrected chi connectivity index (χ3v) is 5.20. The predicted molar refractivity (Wildman–Crippen MR) is 87.7 cm³/mol. The van der Waals surface area contributed by atoms with Gasteiger partial charge >= 0.3 is 0 Å². The topological polar surface area (TPSA) is 76.4 Å². The van der Waals surface area contributed by atoms with E-state index >= 15 is 0 Å². The molecule has 2 heterocycles. The lowest BCUT2D eigenvalue weighted by molar-refractivity contribution is 0.579. The van der Waals surface area contributed by atoms with Crippen LogP contribution in [0.3, 0.4) is 0 Å². The maximum absolute atomic E-state index is 12.4. The van der Waals surface area contributed by atoms with Gasteiger partial charge in [0.05, 0.1) is 11.4 Å². The zero-order valence-corrected chi connectivity index (χ0v) is 14.1. The van der Waals surface area contributed by atoms with Crippen molar-refractivity contribution < 1.29 is 8.42 Å². The van der Waals surface area contributed by atoms with Crippen LogP contribution in [0.4, 0.5) is 0 Å². The number of hydrogen-bond acceptors (Lipinski definition) is 4. The molecule has 0 aliphatic heterocycles. The fourth-order valence-electron chi connectivity index (χ4n) is 2.28. The standard InChI is InChI=1S/C16H18N4O2S/c1-11-7-8-14(9-12(11)2)23(21,22)17-10-15-18-16-6-4-5-13(3)20(16)19-15/h4-9,17H,10H2,1-3H3. The Hall–Kier alpha value is -2.25. The molecule has 7 heteroatoms. The van der Waals surface area contributed by atoms with E-state index in [4.69, 9.17) is 0 Å². The van der Waals surface area contributed by atoms with Crippen molar-refractivity contribution >= 4 is 15.7 Å². The summed E-state index contributed by atoms with van der Waals surface area (Å²) in [5.74, 6) is 0.437. The highest BCUT2D eigenvalue weighted by Crippen LogP contribution is 2.15. The third-order valence-electron chi connectivity index (χ3n) is 3.80. The van der Waals surface area contributed by atoms with Gasteiger partial charge in [-0.2, -0.15) is 0 Å². The Labute approximate surface area is 135 Å². The summed E-state index contributed by atoms with van der Waals surface area (Å²) in [6.45, 7) is 5.81. The molecule has 0 bridgehead atoms. The molecule has 0 saturated heterocycles. The van der Waals surface area contributed by atoms with E-state index in [1.165, 1.54) is 0 Å². The van der Waals surface area contributed by atoms with Crippen LogP contribution in [-0.2, 0) is 16.6 Å². The SMILES string of the molecule is Cc1ccc(S(=O)(=O)NCc2nc3cccc(C)n3n2)cc1C. The minimum atomic E-state index is -3.58. The monoisotopic (exact) mass is 330 g/mol. The summed E-state index contributed by atoms with van der Waals surface area (Å²) in [6, 6.07) is 10.7. The molecule has 0 atom stereocenters. The first kappa shape index (κ1) is 15.6. The van der Waals surface area contributed by atoms with Crippen LogP contribution in [0.2, 0.25) is 0 Å². The molecule has 23 heavy (non-hydrogen) atoms. The number of aromatic nitrogens is 3. The Balaban J connectivity index is 1.83. The van der Waals surface area contributed by atoms with E-state index in [1.54, 1.807) is 22.7 Å². The van der Waals surface area contributed by atoms with Crippen molar-refractivity contribution in [3.05, 3.63) is 59.0 Å². The first-order valence-corrected chi connectivity index (χ1v) is 8.73. The smallest absolute Gasteiger partial charge is 0.218 e. The normalized spacial score (nSPS) is 12.0. The maximum Gasteiger partial charge on any atom is 0.240 e. The molecule has 0 amide bonds. The number of hydrogen-bond donors (Lipinski definition) is 1. The molecule has 3 rings (SSSR count). The first-order chi connectivity index (χ1) is 10.9. The summed E-state index contributed by atoms with van der Waals surface area (Å²) < 4.78 is 29.0. The number of benzene rings is 1. The van der Waals surface area contributed by atoms with Crippen molar-refractivity contribution in [2.24, 2.45) is 0 Å². The zero-order valence-electron chi connectivity index (χ0n) is 13.2. The van der Waals surface area contributed by atoms with Gasteiger partial charge in [0.25, 0.3) is 0 Å². The van der Waals surface area contributed by atoms with Crippen molar-refractivity contribution in [3.63, 3.8) is 0 Å². The van der Waals surface area contributed by atoms with E-state index in [0.29, 0.717) is 11.5 Å². The predicted octanol–water partition coefficient (Wildman–Crippen LogP) is 2.13. The molecule has 1 N–H and O–H groups in total. The minimum Gasteiger partial charge on any atom is -0.218 e. The summed E-state index contributed by atoms with van der Waals surface area (Å²) in [4.78, 5) is 4.58. The van der Waals surface area contributed by atoms with E-state index in [9.17, 15) is 8.42 Å². The molecule has 3 aromatic rings. The molecule has 0 aliphatic carbocycles. The van der Waals surface area contributed by atoms with E-state index in [0.717, 1.165) is 16.8 Å². The van der Waals surface area contributed by atoms with E-state index < -0.39 is 10.0 Å². The number of pyridine rings is 1. The summed E-state index contributed by atoms with van der Waals surface area (Å²) in [7, 11) is -3.58. The highest BCUT2D eigenvalue weighted by Gasteiger charge is 2.16. The summed E-state index contributed by atoms with van der Waals surface area (Å²) in [6.07, 6.45) is 0.